The summed E-state index contributed by atoms with van der Waals surface area (Å²) in [5.41, 5.74) is 1.11. The fourth-order valence-electron chi connectivity index (χ4n) is 1.04. The molecule has 1 rings (SSSR count). The van der Waals surface area contributed by atoms with Crippen molar-refractivity contribution < 1.29 is 13.2 Å². The van der Waals surface area contributed by atoms with Crippen LogP contribution < -0.4 is 10.0 Å². The van der Waals surface area contributed by atoms with Crippen LogP contribution in [0.1, 0.15) is 0 Å². The van der Waals surface area contributed by atoms with Crippen LogP contribution in [-0.4, -0.2) is 27.5 Å². The van der Waals surface area contributed by atoms with Crippen LogP contribution in [0.25, 0.3) is 0 Å². The van der Waals surface area contributed by atoms with E-state index in [9.17, 15) is 13.2 Å². The number of carbonyl (C=O) groups excluding carboxylic acids is 1. The summed E-state index contributed by atoms with van der Waals surface area (Å²) in [6.07, 6.45) is 2.76. The molecule has 0 bridgehead atoms. The standard InChI is InChI=1S/C9H11N2O3S/c1-15(13,14)11-9-4-2-3-8(7-9)10-5-6-12/h2-4,7,10-11H,5H2,1H3. The quantitative estimate of drug-likeness (QED) is 0.771. The number of nitrogens with one attached hydrogen (secondary N) is 2. The van der Waals surface area contributed by atoms with Crippen molar-refractivity contribution in [2.45, 2.75) is 0 Å². The predicted molar refractivity (Wildman–Crippen MR) is 59.1 cm³/mol. The minimum absolute atomic E-state index is 0.0718. The zero-order valence-corrected chi connectivity index (χ0v) is 8.97. The molecule has 0 unspecified atom stereocenters. The number of hydrogen-bond donors (Lipinski definition) is 2. The van der Waals surface area contributed by atoms with Gasteiger partial charge in [-0.05, 0) is 18.2 Å². The molecule has 2 N–H and O–H groups in total. The highest BCUT2D eigenvalue weighted by molar-refractivity contribution is 7.92. The molecule has 81 valence electrons. The lowest BCUT2D eigenvalue weighted by Crippen LogP contribution is -2.10. The molecule has 0 amide bonds. The van der Waals surface area contributed by atoms with E-state index < -0.39 is 10.0 Å². The number of anilines is 2. The summed E-state index contributed by atoms with van der Waals surface area (Å²) in [6, 6.07) is 6.63. The highest BCUT2D eigenvalue weighted by Gasteiger charge is 2.01. The Morgan fingerprint density at radius 1 is 1.33 bits per heavy atom. The number of hydrogen-bond acceptors (Lipinski definition) is 4. The van der Waals surface area contributed by atoms with Crippen molar-refractivity contribution in [1.82, 2.24) is 0 Å². The molecule has 6 heteroatoms. The molecule has 0 saturated heterocycles. The van der Waals surface area contributed by atoms with E-state index in [2.05, 4.69) is 10.0 Å². The van der Waals surface area contributed by atoms with E-state index in [1.807, 2.05) is 0 Å². The minimum atomic E-state index is -3.27. The lowest BCUT2D eigenvalue weighted by molar-refractivity contribution is 0.557. The van der Waals surface area contributed by atoms with Crippen LogP contribution in [0, 0.1) is 0 Å². The normalized spacial score (nSPS) is 10.7. The third-order valence-corrected chi connectivity index (χ3v) is 2.14. The van der Waals surface area contributed by atoms with Gasteiger partial charge in [-0.15, -0.1) is 0 Å². The van der Waals surface area contributed by atoms with E-state index in [0.29, 0.717) is 11.4 Å². The predicted octanol–water partition coefficient (Wildman–Crippen LogP) is 0.580. The first-order chi connectivity index (χ1) is 7.01. The van der Waals surface area contributed by atoms with Crippen LogP contribution in [0.4, 0.5) is 11.4 Å². The Bertz CT molecular complexity index is 442. The van der Waals surface area contributed by atoms with Crippen LogP contribution >= 0.6 is 0 Å². The summed E-state index contributed by atoms with van der Waals surface area (Å²) in [5.74, 6) is 0. The fraction of sp³-hybridized carbons (Fsp3) is 0.222. The van der Waals surface area contributed by atoms with Crippen molar-refractivity contribution in [3.63, 3.8) is 0 Å². The van der Waals surface area contributed by atoms with E-state index >= 15 is 0 Å². The van der Waals surface area contributed by atoms with Gasteiger partial charge in [-0.25, -0.2) is 8.42 Å². The van der Waals surface area contributed by atoms with E-state index in [1.54, 1.807) is 30.6 Å². The van der Waals surface area contributed by atoms with Gasteiger partial charge in [0, 0.05) is 5.69 Å². The van der Waals surface area contributed by atoms with Gasteiger partial charge in [0.15, 0.2) is 0 Å². The van der Waals surface area contributed by atoms with Crippen LogP contribution in [0.5, 0.6) is 0 Å². The first kappa shape index (κ1) is 11.5. The molecule has 0 aliphatic heterocycles. The van der Waals surface area contributed by atoms with Crippen LogP contribution in [0.3, 0.4) is 0 Å². The largest absolute Gasteiger partial charge is 0.377 e. The van der Waals surface area contributed by atoms with Crippen molar-refractivity contribution in [1.29, 1.82) is 0 Å². The van der Waals surface area contributed by atoms with Crippen LogP contribution in [0.2, 0.25) is 0 Å². The fourth-order valence-corrected chi connectivity index (χ4v) is 1.60. The van der Waals surface area contributed by atoms with E-state index in [1.165, 1.54) is 0 Å². The topological polar surface area (TPSA) is 75.3 Å². The Balaban J connectivity index is 2.78. The van der Waals surface area contributed by atoms with Gasteiger partial charge >= 0.3 is 0 Å². The average molecular weight is 227 g/mol. The Morgan fingerprint density at radius 2 is 2.00 bits per heavy atom. The minimum Gasteiger partial charge on any atom is -0.377 e. The average Bonchev–Trinajstić information content (AvgIpc) is 2.12. The number of benzene rings is 1. The van der Waals surface area contributed by atoms with Crippen molar-refractivity contribution in [3.8, 4) is 0 Å². The van der Waals surface area contributed by atoms with E-state index in [0.717, 1.165) is 6.26 Å². The lowest BCUT2D eigenvalue weighted by Gasteiger charge is -2.06. The van der Waals surface area contributed by atoms with Gasteiger partial charge in [-0.2, -0.15) is 0 Å². The zero-order valence-electron chi connectivity index (χ0n) is 8.15. The third-order valence-electron chi connectivity index (χ3n) is 1.53. The molecule has 0 spiro atoms. The van der Waals surface area contributed by atoms with E-state index in [-0.39, 0.29) is 6.54 Å². The molecule has 15 heavy (non-hydrogen) atoms. The SMILES string of the molecule is CS(=O)(=O)Nc1cccc(NC[C]=O)c1. The zero-order chi connectivity index (χ0) is 11.3. The third kappa shape index (κ3) is 4.46. The molecule has 0 aromatic heterocycles. The summed E-state index contributed by atoms with van der Waals surface area (Å²) in [4.78, 5) is 9.99. The smallest absolute Gasteiger partial charge is 0.229 e. The number of rotatable bonds is 5. The maximum atomic E-state index is 10.9. The molecule has 1 radical (unpaired) electrons. The highest BCUT2D eigenvalue weighted by Crippen LogP contribution is 2.15. The van der Waals surface area contributed by atoms with Gasteiger partial charge in [0.25, 0.3) is 0 Å². The van der Waals surface area contributed by atoms with Gasteiger partial charge in [-0.1, -0.05) is 6.07 Å². The summed E-state index contributed by atoms with van der Waals surface area (Å²) in [5, 5.41) is 2.76. The molecular weight excluding hydrogens is 216 g/mol. The molecule has 0 saturated carbocycles. The monoisotopic (exact) mass is 227 g/mol. The van der Waals surface area contributed by atoms with Crippen molar-refractivity contribution in [2.75, 3.05) is 22.8 Å². The molecule has 1 aromatic rings. The molecule has 0 aliphatic carbocycles. The second-order valence-electron chi connectivity index (χ2n) is 2.95. The Hall–Kier alpha value is -1.56. The Morgan fingerprint density at radius 3 is 2.60 bits per heavy atom. The van der Waals surface area contributed by atoms with Crippen LogP contribution in [0.15, 0.2) is 24.3 Å². The van der Waals surface area contributed by atoms with Gasteiger partial charge in [0.2, 0.25) is 16.3 Å². The van der Waals surface area contributed by atoms with Crippen molar-refractivity contribution >= 4 is 27.7 Å². The maximum absolute atomic E-state index is 10.9. The molecule has 0 fully saturated rings. The first-order valence-electron chi connectivity index (χ1n) is 4.18. The lowest BCUT2D eigenvalue weighted by atomic mass is 10.3. The highest BCUT2D eigenvalue weighted by atomic mass is 32.2. The molecule has 0 atom stereocenters. The molecule has 0 aliphatic rings. The summed E-state index contributed by atoms with van der Waals surface area (Å²) < 4.78 is 24.2. The molecule has 0 heterocycles. The molecular formula is C9H11N2O3S. The van der Waals surface area contributed by atoms with Gasteiger partial charge in [0.05, 0.1) is 18.5 Å². The molecule has 5 nitrogen and oxygen atoms in total. The Labute approximate surface area is 88.5 Å². The van der Waals surface area contributed by atoms with Gasteiger partial charge < -0.3 is 5.32 Å². The summed E-state index contributed by atoms with van der Waals surface area (Å²) >= 11 is 0. The maximum Gasteiger partial charge on any atom is 0.229 e. The van der Waals surface area contributed by atoms with Crippen LogP contribution in [-0.2, 0) is 14.8 Å². The molecule has 1 aromatic carbocycles. The first-order valence-corrected chi connectivity index (χ1v) is 6.07. The summed E-state index contributed by atoms with van der Waals surface area (Å²) in [7, 11) is -3.27. The second-order valence-corrected chi connectivity index (χ2v) is 4.70. The second kappa shape index (κ2) is 4.79. The van der Waals surface area contributed by atoms with Crippen molar-refractivity contribution in [2.24, 2.45) is 0 Å². The van der Waals surface area contributed by atoms with Crippen molar-refractivity contribution in [3.05, 3.63) is 24.3 Å². The van der Waals surface area contributed by atoms with E-state index in [4.69, 9.17) is 0 Å². The van der Waals surface area contributed by atoms with Gasteiger partial charge in [-0.3, -0.25) is 9.52 Å². The summed E-state index contributed by atoms with van der Waals surface area (Å²) in [6.45, 7) is 0.0718. The van der Waals surface area contributed by atoms with Gasteiger partial charge in [0.1, 0.15) is 0 Å². The Kier molecular flexibility index (Phi) is 3.68. The number of sulfonamides is 1.